The highest BCUT2D eigenvalue weighted by Gasteiger charge is 2.27. The number of carbonyl (C=O) groups is 3. The molecular formula is C12H14FN3O4. The number of hydrogen-bond donors (Lipinski definition) is 4. The van der Waals surface area contributed by atoms with Crippen molar-refractivity contribution in [3.05, 3.63) is 29.6 Å². The molecule has 0 saturated heterocycles. The van der Waals surface area contributed by atoms with Gasteiger partial charge in [0.25, 0.3) is 0 Å². The molecule has 0 unspecified atom stereocenters. The van der Waals surface area contributed by atoms with Crippen LogP contribution in [0.5, 0.6) is 0 Å². The van der Waals surface area contributed by atoms with Crippen molar-refractivity contribution in [1.82, 2.24) is 5.32 Å². The second kappa shape index (κ2) is 5.55. The zero-order valence-corrected chi connectivity index (χ0v) is 10.9. The topological polar surface area (TPSA) is 122 Å². The first-order chi connectivity index (χ1) is 9.13. The molecule has 0 aliphatic rings. The first-order valence-corrected chi connectivity index (χ1v) is 5.55. The number of nitrogens with one attached hydrogen (secondary N) is 2. The smallest absolute Gasteiger partial charge is 0.337 e. The fourth-order valence-corrected chi connectivity index (χ4v) is 1.30. The Bertz CT molecular complexity index is 572. The van der Waals surface area contributed by atoms with Gasteiger partial charge in [0.2, 0.25) is 5.91 Å². The van der Waals surface area contributed by atoms with E-state index in [-0.39, 0.29) is 5.69 Å². The molecule has 0 atom stereocenters. The number of carboxylic acid groups (broad SMARTS) is 1. The average Bonchev–Trinajstić information content (AvgIpc) is 2.30. The van der Waals surface area contributed by atoms with Crippen molar-refractivity contribution < 1.29 is 23.9 Å². The summed E-state index contributed by atoms with van der Waals surface area (Å²) in [6.07, 6.45) is 0. The summed E-state index contributed by atoms with van der Waals surface area (Å²) < 4.78 is 13.0. The van der Waals surface area contributed by atoms with Gasteiger partial charge in [0.1, 0.15) is 11.4 Å². The van der Waals surface area contributed by atoms with Gasteiger partial charge in [-0.05, 0) is 32.0 Å². The van der Waals surface area contributed by atoms with Crippen LogP contribution in [0, 0.1) is 5.82 Å². The van der Waals surface area contributed by atoms with E-state index in [1.165, 1.54) is 13.8 Å². The fraction of sp³-hybridized carbons (Fsp3) is 0.250. The summed E-state index contributed by atoms with van der Waals surface area (Å²) in [6.45, 7) is 2.77. The van der Waals surface area contributed by atoms with Crippen LogP contribution in [-0.4, -0.2) is 28.6 Å². The Morgan fingerprint density at radius 3 is 2.40 bits per heavy atom. The Hall–Kier alpha value is -2.64. The molecule has 1 rings (SSSR count). The van der Waals surface area contributed by atoms with E-state index in [1.807, 2.05) is 0 Å². The van der Waals surface area contributed by atoms with E-state index in [1.54, 1.807) is 0 Å². The molecule has 3 amide bonds. The number of carbonyl (C=O) groups excluding carboxylic acids is 2. The minimum atomic E-state index is -1.39. The van der Waals surface area contributed by atoms with E-state index in [9.17, 15) is 18.8 Å². The summed E-state index contributed by atoms with van der Waals surface area (Å²) in [6, 6.07) is 2.05. The molecule has 0 saturated carbocycles. The molecule has 0 radical (unpaired) electrons. The van der Waals surface area contributed by atoms with Crippen LogP contribution in [0.4, 0.5) is 14.9 Å². The van der Waals surface area contributed by atoms with Gasteiger partial charge < -0.3 is 21.5 Å². The van der Waals surface area contributed by atoms with Gasteiger partial charge in [-0.2, -0.15) is 0 Å². The molecule has 0 fully saturated rings. The summed E-state index contributed by atoms with van der Waals surface area (Å²) in [5.41, 5.74) is 3.27. The van der Waals surface area contributed by atoms with Gasteiger partial charge in [0.15, 0.2) is 0 Å². The van der Waals surface area contributed by atoms with E-state index in [4.69, 9.17) is 10.8 Å². The first-order valence-electron chi connectivity index (χ1n) is 5.55. The monoisotopic (exact) mass is 283 g/mol. The highest BCUT2D eigenvalue weighted by atomic mass is 19.1. The minimum absolute atomic E-state index is 0.100. The van der Waals surface area contributed by atoms with Crippen molar-refractivity contribution in [2.45, 2.75) is 19.4 Å². The van der Waals surface area contributed by atoms with Gasteiger partial charge in [-0.25, -0.2) is 14.0 Å². The molecule has 20 heavy (non-hydrogen) atoms. The third-order valence-electron chi connectivity index (χ3n) is 2.50. The molecule has 0 aliphatic carbocycles. The van der Waals surface area contributed by atoms with Crippen molar-refractivity contribution in [1.29, 1.82) is 0 Å². The fourth-order valence-electron chi connectivity index (χ4n) is 1.30. The molecule has 8 heteroatoms. The number of urea groups is 1. The Morgan fingerprint density at radius 1 is 1.30 bits per heavy atom. The van der Waals surface area contributed by atoms with E-state index >= 15 is 0 Å². The molecule has 5 N–H and O–H groups in total. The maximum atomic E-state index is 13.0. The molecule has 7 nitrogen and oxygen atoms in total. The Balaban J connectivity index is 2.92. The summed E-state index contributed by atoms with van der Waals surface area (Å²) in [4.78, 5) is 33.7. The van der Waals surface area contributed by atoms with Crippen LogP contribution in [0.25, 0.3) is 0 Å². The number of benzene rings is 1. The van der Waals surface area contributed by atoms with E-state index in [0.29, 0.717) is 0 Å². The predicted octanol–water partition coefficient (Wildman–Crippen LogP) is 0.909. The third-order valence-corrected chi connectivity index (χ3v) is 2.50. The van der Waals surface area contributed by atoms with Crippen LogP contribution >= 0.6 is 0 Å². The normalized spacial score (nSPS) is 10.8. The van der Waals surface area contributed by atoms with Gasteiger partial charge in [0, 0.05) is 0 Å². The zero-order valence-electron chi connectivity index (χ0n) is 10.9. The summed E-state index contributed by atoms with van der Waals surface area (Å²) in [5, 5.41) is 13.4. The quantitative estimate of drug-likeness (QED) is 0.656. The van der Waals surface area contributed by atoms with Crippen LogP contribution in [-0.2, 0) is 4.79 Å². The Kier molecular flexibility index (Phi) is 4.28. The molecule has 0 bridgehead atoms. The molecule has 0 spiro atoms. The summed E-state index contributed by atoms with van der Waals surface area (Å²) in [5.74, 6) is -2.90. The Labute approximate surface area is 114 Å². The van der Waals surface area contributed by atoms with Gasteiger partial charge in [-0.15, -0.1) is 0 Å². The SMILES string of the molecule is CC(C)(NC(=O)Nc1ccc(F)cc1C(=O)O)C(N)=O. The highest BCUT2D eigenvalue weighted by molar-refractivity contribution is 6.01. The summed E-state index contributed by atoms with van der Waals surface area (Å²) in [7, 11) is 0. The van der Waals surface area contributed by atoms with Crippen LogP contribution < -0.4 is 16.4 Å². The van der Waals surface area contributed by atoms with Gasteiger partial charge >= 0.3 is 12.0 Å². The third kappa shape index (κ3) is 3.67. The van der Waals surface area contributed by atoms with E-state index in [0.717, 1.165) is 18.2 Å². The number of aromatic carboxylic acids is 1. The second-order valence-corrected chi connectivity index (χ2v) is 4.56. The molecule has 108 valence electrons. The lowest BCUT2D eigenvalue weighted by Gasteiger charge is -2.22. The first kappa shape index (κ1) is 15.4. The van der Waals surface area contributed by atoms with Crippen molar-refractivity contribution >= 4 is 23.6 Å². The molecule has 0 aromatic heterocycles. The van der Waals surface area contributed by atoms with Gasteiger partial charge in [0.05, 0.1) is 11.3 Å². The zero-order chi connectivity index (χ0) is 15.5. The number of amides is 3. The maximum absolute atomic E-state index is 13.0. The van der Waals surface area contributed by atoms with Gasteiger partial charge in [-0.3, -0.25) is 4.79 Å². The van der Waals surface area contributed by atoms with Crippen molar-refractivity contribution in [3.63, 3.8) is 0 Å². The lowest BCUT2D eigenvalue weighted by molar-refractivity contribution is -0.122. The predicted molar refractivity (Wildman–Crippen MR) is 68.8 cm³/mol. The number of carboxylic acids is 1. The van der Waals surface area contributed by atoms with Crippen molar-refractivity contribution in [2.75, 3.05) is 5.32 Å². The summed E-state index contributed by atoms with van der Waals surface area (Å²) >= 11 is 0. The largest absolute Gasteiger partial charge is 0.478 e. The van der Waals surface area contributed by atoms with Gasteiger partial charge in [-0.1, -0.05) is 0 Å². The van der Waals surface area contributed by atoms with Crippen molar-refractivity contribution in [2.24, 2.45) is 5.73 Å². The molecule has 0 aliphatic heterocycles. The van der Waals surface area contributed by atoms with Crippen LogP contribution in [0.3, 0.4) is 0 Å². The van der Waals surface area contributed by atoms with E-state index in [2.05, 4.69) is 10.6 Å². The number of anilines is 1. The number of halogens is 1. The number of nitrogens with two attached hydrogens (primary N) is 1. The van der Waals surface area contributed by atoms with Crippen LogP contribution in [0.2, 0.25) is 0 Å². The van der Waals surface area contributed by atoms with E-state index < -0.39 is 34.8 Å². The maximum Gasteiger partial charge on any atom is 0.337 e. The molecule has 1 aromatic rings. The number of rotatable bonds is 4. The number of hydrogen-bond acceptors (Lipinski definition) is 3. The van der Waals surface area contributed by atoms with Crippen molar-refractivity contribution in [3.8, 4) is 0 Å². The lowest BCUT2D eigenvalue weighted by atomic mass is 10.1. The molecular weight excluding hydrogens is 269 g/mol. The number of primary amides is 1. The molecule has 1 aromatic carbocycles. The Morgan fingerprint density at radius 2 is 1.90 bits per heavy atom. The van der Waals surface area contributed by atoms with Crippen LogP contribution in [0.1, 0.15) is 24.2 Å². The minimum Gasteiger partial charge on any atom is -0.478 e. The lowest BCUT2D eigenvalue weighted by Crippen LogP contribution is -2.54. The molecule has 0 heterocycles. The average molecular weight is 283 g/mol. The highest BCUT2D eigenvalue weighted by Crippen LogP contribution is 2.17. The van der Waals surface area contributed by atoms with Crippen LogP contribution in [0.15, 0.2) is 18.2 Å². The second-order valence-electron chi connectivity index (χ2n) is 4.56. The standard InChI is InChI=1S/C12H14FN3O4/c1-12(2,10(14)19)16-11(20)15-8-4-3-6(13)5-7(8)9(17)18/h3-5H,1-2H3,(H2,14,19)(H,17,18)(H2,15,16,20).